The molecule has 1 N–H and O–H groups in total. The highest BCUT2D eigenvalue weighted by Gasteiger charge is 2.53. The van der Waals surface area contributed by atoms with E-state index in [1.54, 1.807) is 12.1 Å². The van der Waals surface area contributed by atoms with Gasteiger partial charge in [-0.25, -0.2) is 4.39 Å². The second kappa shape index (κ2) is 4.54. The zero-order chi connectivity index (χ0) is 12.6. The smallest absolute Gasteiger partial charge is 0.165 e. The Morgan fingerprint density at radius 3 is 2.72 bits per heavy atom. The summed E-state index contributed by atoms with van der Waals surface area (Å²) < 4.78 is 18.4. The molecule has 0 spiro atoms. The molecular weight excluding hydrogens is 229 g/mol. The number of hydrogen-bond acceptors (Lipinski definition) is 2. The molecule has 0 heterocycles. The SMILES string of the molecule is COc1ccc(CNCC2(C3CC3)CC2)cc1F. The van der Waals surface area contributed by atoms with Crippen molar-refractivity contribution in [3.05, 3.63) is 29.6 Å². The molecule has 1 aromatic rings. The van der Waals surface area contributed by atoms with E-state index in [4.69, 9.17) is 4.74 Å². The van der Waals surface area contributed by atoms with Gasteiger partial charge in [-0.2, -0.15) is 0 Å². The van der Waals surface area contributed by atoms with Gasteiger partial charge in [0.15, 0.2) is 11.6 Å². The largest absolute Gasteiger partial charge is 0.494 e. The van der Waals surface area contributed by atoms with E-state index in [0.717, 1.165) is 24.6 Å². The van der Waals surface area contributed by atoms with Gasteiger partial charge in [0.25, 0.3) is 0 Å². The molecule has 0 aliphatic heterocycles. The van der Waals surface area contributed by atoms with Gasteiger partial charge in [0, 0.05) is 13.1 Å². The predicted molar refractivity (Wildman–Crippen MR) is 69.0 cm³/mol. The Morgan fingerprint density at radius 2 is 2.17 bits per heavy atom. The molecule has 18 heavy (non-hydrogen) atoms. The number of methoxy groups -OCH3 is 1. The van der Waals surface area contributed by atoms with Crippen molar-refractivity contribution < 1.29 is 9.13 Å². The second-order valence-corrected chi connectivity index (χ2v) is 5.71. The minimum Gasteiger partial charge on any atom is -0.494 e. The van der Waals surface area contributed by atoms with Gasteiger partial charge in [0.1, 0.15) is 0 Å². The van der Waals surface area contributed by atoms with Crippen LogP contribution in [-0.2, 0) is 6.54 Å². The Labute approximate surface area is 108 Å². The molecule has 3 rings (SSSR count). The summed E-state index contributed by atoms with van der Waals surface area (Å²) in [4.78, 5) is 0. The van der Waals surface area contributed by atoms with Crippen LogP contribution in [0.2, 0.25) is 0 Å². The van der Waals surface area contributed by atoms with Crippen LogP contribution in [0.4, 0.5) is 4.39 Å². The number of rotatable bonds is 6. The molecular formula is C15H20FNO. The Hall–Kier alpha value is -1.09. The number of benzene rings is 1. The maximum atomic E-state index is 13.5. The molecule has 0 unspecified atom stereocenters. The Morgan fingerprint density at radius 1 is 1.39 bits per heavy atom. The van der Waals surface area contributed by atoms with Crippen molar-refractivity contribution in [2.45, 2.75) is 32.2 Å². The van der Waals surface area contributed by atoms with Crippen LogP contribution in [0.5, 0.6) is 5.75 Å². The Bertz CT molecular complexity index is 438. The quantitative estimate of drug-likeness (QED) is 0.836. The van der Waals surface area contributed by atoms with Crippen LogP contribution in [-0.4, -0.2) is 13.7 Å². The van der Waals surface area contributed by atoms with Gasteiger partial charge in [0.05, 0.1) is 7.11 Å². The van der Waals surface area contributed by atoms with Crippen LogP contribution in [0.25, 0.3) is 0 Å². The maximum absolute atomic E-state index is 13.5. The number of ether oxygens (including phenoxy) is 1. The summed E-state index contributed by atoms with van der Waals surface area (Å²) in [7, 11) is 1.49. The predicted octanol–water partition coefficient (Wildman–Crippen LogP) is 3.11. The van der Waals surface area contributed by atoms with Gasteiger partial charge in [-0.15, -0.1) is 0 Å². The Kier molecular flexibility index (Phi) is 3.02. The highest BCUT2D eigenvalue weighted by Crippen LogP contribution is 2.60. The molecule has 98 valence electrons. The molecule has 0 radical (unpaired) electrons. The first-order chi connectivity index (χ1) is 8.73. The van der Waals surface area contributed by atoms with Crippen LogP contribution in [0.3, 0.4) is 0 Å². The van der Waals surface area contributed by atoms with E-state index in [1.165, 1.54) is 32.8 Å². The average molecular weight is 249 g/mol. The normalized spacial score (nSPS) is 20.8. The molecule has 2 nitrogen and oxygen atoms in total. The molecule has 2 aliphatic rings. The molecule has 0 bridgehead atoms. The third-order valence-corrected chi connectivity index (χ3v) is 4.36. The average Bonchev–Trinajstić information content (AvgIpc) is 3.23. The van der Waals surface area contributed by atoms with E-state index in [1.807, 2.05) is 6.07 Å². The van der Waals surface area contributed by atoms with Gasteiger partial charge >= 0.3 is 0 Å². The molecule has 0 aromatic heterocycles. The lowest BCUT2D eigenvalue weighted by molar-refractivity contribution is 0.385. The highest BCUT2D eigenvalue weighted by atomic mass is 19.1. The standard InChI is InChI=1S/C15H20FNO/c1-18-14-5-2-11(8-13(14)16)9-17-10-15(6-7-15)12-3-4-12/h2,5,8,12,17H,3-4,6-7,9-10H2,1H3. The van der Waals surface area contributed by atoms with Gasteiger partial charge in [0.2, 0.25) is 0 Å². The van der Waals surface area contributed by atoms with E-state index in [-0.39, 0.29) is 5.82 Å². The fourth-order valence-corrected chi connectivity index (χ4v) is 2.86. The highest BCUT2D eigenvalue weighted by molar-refractivity contribution is 5.29. The summed E-state index contributed by atoms with van der Waals surface area (Å²) in [6.07, 6.45) is 5.58. The summed E-state index contributed by atoms with van der Waals surface area (Å²) in [6.45, 7) is 1.83. The lowest BCUT2D eigenvalue weighted by Gasteiger charge is -2.15. The van der Waals surface area contributed by atoms with Crippen molar-refractivity contribution in [1.29, 1.82) is 0 Å². The monoisotopic (exact) mass is 249 g/mol. The first kappa shape index (κ1) is 12.0. The van der Waals surface area contributed by atoms with Crippen LogP contribution in [0.15, 0.2) is 18.2 Å². The summed E-state index contributed by atoms with van der Waals surface area (Å²) in [5.41, 5.74) is 1.59. The Balaban J connectivity index is 1.52. The minimum atomic E-state index is -0.278. The molecule has 0 saturated heterocycles. The zero-order valence-corrected chi connectivity index (χ0v) is 10.8. The first-order valence-corrected chi connectivity index (χ1v) is 6.77. The van der Waals surface area contributed by atoms with Crippen molar-refractivity contribution in [2.75, 3.05) is 13.7 Å². The van der Waals surface area contributed by atoms with Crippen LogP contribution < -0.4 is 10.1 Å². The lowest BCUT2D eigenvalue weighted by atomic mass is 10.0. The molecule has 0 amide bonds. The number of nitrogens with one attached hydrogen (secondary N) is 1. The number of halogens is 1. The van der Waals surface area contributed by atoms with Crippen LogP contribution in [0, 0.1) is 17.2 Å². The van der Waals surface area contributed by atoms with Gasteiger partial charge in [-0.3, -0.25) is 0 Å². The van der Waals surface area contributed by atoms with Crippen molar-refractivity contribution in [3.63, 3.8) is 0 Å². The lowest BCUT2D eigenvalue weighted by Crippen LogP contribution is -2.25. The summed E-state index contributed by atoms with van der Waals surface area (Å²) in [6, 6.07) is 5.17. The van der Waals surface area contributed by atoms with Crippen molar-refractivity contribution in [2.24, 2.45) is 11.3 Å². The minimum absolute atomic E-state index is 0.278. The summed E-state index contributed by atoms with van der Waals surface area (Å²) in [5, 5.41) is 3.48. The van der Waals surface area contributed by atoms with E-state index in [0.29, 0.717) is 11.2 Å². The first-order valence-electron chi connectivity index (χ1n) is 6.77. The van der Waals surface area contributed by atoms with Gasteiger partial charge < -0.3 is 10.1 Å². The molecule has 1 aromatic carbocycles. The maximum Gasteiger partial charge on any atom is 0.165 e. The van der Waals surface area contributed by atoms with Crippen LogP contribution >= 0.6 is 0 Å². The van der Waals surface area contributed by atoms with Crippen molar-refractivity contribution >= 4 is 0 Å². The summed E-state index contributed by atoms with van der Waals surface area (Å²) in [5.74, 6) is 1.01. The molecule has 2 aliphatic carbocycles. The molecule has 2 saturated carbocycles. The van der Waals surface area contributed by atoms with Crippen molar-refractivity contribution in [3.8, 4) is 5.75 Å². The van der Waals surface area contributed by atoms with Crippen LogP contribution in [0.1, 0.15) is 31.2 Å². The second-order valence-electron chi connectivity index (χ2n) is 5.71. The van der Waals surface area contributed by atoms with E-state index in [9.17, 15) is 4.39 Å². The van der Waals surface area contributed by atoms with E-state index >= 15 is 0 Å². The summed E-state index contributed by atoms with van der Waals surface area (Å²) >= 11 is 0. The third kappa shape index (κ3) is 2.37. The molecule has 0 atom stereocenters. The van der Waals surface area contributed by atoms with E-state index < -0.39 is 0 Å². The fourth-order valence-electron chi connectivity index (χ4n) is 2.86. The van der Waals surface area contributed by atoms with Crippen molar-refractivity contribution in [1.82, 2.24) is 5.32 Å². The van der Waals surface area contributed by atoms with Gasteiger partial charge in [-0.1, -0.05) is 6.07 Å². The van der Waals surface area contributed by atoms with E-state index in [2.05, 4.69) is 5.32 Å². The number of hydrogen-bond donors (Lipinski definition) is 1. The fraction of sp³-hybridized carbons (Fsp3) is 0.600. The molecule has 2 fully saturated rings. The van der Waals surface area contributed by atoms with Gasteiger partial charge in [-0.05, 0) is 54.7 Å². The zero-order valence-electron chi connectivity index (χ0n) is 10.8. The topological polar surface area (TPSA) is 21.3 Å². The third-order valence-electron chi connectivity index (χ3n) is 4.36. The molecule has 3 heteroatoms.